The first kappa shape index (κ1) is 7.73. The zero-order chi connectivity index (χ0) is 8.55. The highest BCUT2D eigenvalue weighted by molar-refractivity contribution is 7.09. The molecule has 63 valence electrons. The van der Waals surface area contributed by atoms with Crippen LogP contribution in [-0.4, -0.2) is 22.3 Å². The molecule has 1 aromatic rings. The van der Waals surface area contributed by atoms with Crippen LogP contribution in [0.3, 0.4) is 0 Å². The van der Waals surface area contributed by atoms with Crippen LogP contribution < -0.4 is 0 Å². The SMILES string of the molecule is CC(=O)N1CCc2n[c]sc2C1. The lowest BCUT2D eigenvalue weighted by atomic mass is 10.2. The van der Waals surface area contributed by atoms with E-state index in [1.165, 1.54) is 16.2 Å². The van der Waals surface area contributed by atoms with Crippen LogP contribution in [0.25, 0.3) is 0 Å². The summed E-state index contributed by atoms with van der Waals surface area (Å²) >= 11 is 1.52. The third kappa shape index (κ3) is 1.22. The fourth-order valence-corrected chi connectivity index (χ4v) is 2.09. The summed E-state index contributed by atoms with van der Waals surface area (Å²) in [5.74, 6) is 0.147. The lowest BCUT2D eigenvalue weighted by Crippen LogP contribution is -2.33. The number of hydrogen-bond acceptors (Lipinski definition) is 3. The van der Waals surface area contributed by atoms with Crippen molar-refractivity contribution < 1.29 is 4.79 Å². The van der Waals surface area contributed by atoms with Crippen LogP contribution in [0.5, 0.6) is 0 Å². The van der Waals surface area contributed by atoms with Gasteiger partial charge in [0.15, 0.2) is 5.51 Å². The summed E-state index contributed by atoms with van der Waals surface area (Å²) in [6, 6.07) is 0. The molecule has 12 heavy (non-hydrogen) atoms. The number of rotatable bonds is 0. The van der Waals surface area contributed by atoms with Gasteiger partial charge in [-0.05, 0) is 0 Å². The van der Waals surface area contributed by atoms with Gasteiger partial charge in [-0.1, -0.05) is 0 Å². The molecule has 0 aromatic carbocycles. The predicted octanol–water partition coefficient (Wildman–Crippen LogP) is 0.848. The zero-order valence-corrected chi connectivity index (χ0v) is 7.65. The molecule has 0 unspecified atom stereocenters. The van der Waals surface area contributed by atoms with E-state index in [4.69, 9.17) is 0 Å². The monoisotopic (exact) mass is 181 g/mol. The maximum Gasteiger partial charge on any atom is 0.219 e. The zero-order valence-electron chi connectivity index (χ0n) is 6.83. The summed E-state index contributed by atoms with van der Waals surface area (Å²) < 4.78 is 0. The van der Waals surface area contributed by atoms with Crippen LogP contribution >= 0.6 is 11.3 Å². The van der Waals surface area contributed by atoms with Gasteiger partial charge in [-0.15, -0.1) is 11.3 Å². The van der Waals surface area contributed by atoms with Crippen molar-refractivity contribution in [3.8, 4) is 0 Å². The Morgan fingerprint density at radius 3 is 3.33 bits per heavy atom. The van der Waals surface area contributed by atoms with Gasteiger partial charge < -0.3 is 4.90 Å². The normalized spacial score (nSPS) is 15.9. The minimum Gasteiger partial charge on any atom is -0.337 e. The smallest absolute Gasteiger partial charge is 0.219 e. The van der Waals surface area contributed by atoms with Gasteiger partial charge in [-0.25, -0.2) is 4.98 Å². The van der Waals surface area contributed by atoms with Crippen LogP contribution in [0, 0.1) is 5.51 Å². The molecule has 0 aliphatic carbocycles. The summed E-state index contributed by atoms with van der Waals surface area (Å²) in [5, 5.41) is 0. The highest BCUT2D eigenvalue weighted by Gasteiger charge is 2.19. The van der Waals surface area contributed by atoms with Gasteiger partial charge in [0.1, 0.15) is 0 Å². The third-order valence-corrected chi connectivity index (χ3v) is 2.86. The Bertz CT molecular complexity index is 308. The molecular weight excluding hydrogens is 172 g/mol. The van der Waals surface area contributed by atoms with E-state index in [9.17, 15) is 4.79 Å². The Balaban J connectivity index is 2.20. The van der Waals surface area contributed by atoms with Crippen LogP contribution in [0.2, 0.25) is 0 Å². The van der Waals surface area contributed by atoms with E-state index >= 15 is 0 Å². The molecule has 0 spiro atoms. The largest absolute Gasteiger partial charge is 0.337 e. The van der Waals surface area contributed by atoms with Gasteiger partial charge in [0.05, 0.1) is 12.2 Å². The number of carbonyl (C=O) groups is 1. The highest BCUT2D eigenvalue weighted by Crippen LogP contribution is 2.20. The topological polar surface area (TPSA) is 33.2 Å². The molecule has 1 aromatic heterocycles. The van der Waals surface area contributed by atoms with Crippen molar-refractivity contribution in [3.63, 3.8) is 0 Å². The average Bonchev–Trinajstić information content (AvgIpc) is 2.49. The quantitative estimate of drug-likeness (QED) is 0.594. The number of fused-ring (bicyclic) bond motifs is 1. The van der Waals surface area contributed by atoms with Gasteiger partial charge in [-0.3, -0.25) is 4.79 Å². The number of aromatic nitrogens is 1. The summed E-state index contributed by atoms with van der Waals surface area (Å²) in [4.78, 5) is 18.2. The second-order valence-electron chi connectivity index (χ2n) is 2.87. The molecule has 1 radical (unpaired) electrons. The van der Waals surface area contributed by atoms with Crippen molar-refractivity contribution in [3.05, 3.63) is 16.1 Å². The van der Waals surface area contributed by atoms with Crippen molar-refractivity contribution in [2.24, 2.45) is 0 Å². The van der Waals surface area contributed by atoms with Gasteiger partial charge in [0.25, 0.3) is 0 Å². The van der Waals surface area contributed by atoms with Crippen molar-refractivity contribution in [1.82, 2.24) is 9.88 Å². The number of amides is 1. The fraction of sp³-hybridized carbons (Fsp3) is 0.500. The minimum absolute atomic E-state index is 0.147. The van der Waals surface area contributed by atoms with Crippen LogP contribution in [-0.2, 0) is 17.8 Å². The molecule has 0 atom stereocenters. The molecule has 1 aliphatic heterocycles. The number of carbonyl (C=O) groups excluding carboxylic acids is 1. The van der Waals surface area contributed by atoms with Gasteiger partial charge in [0.2, 0.25) is 5.91 Å². The summed E-state index contributed by atoms with van der Waals surface area (Å²) in [6.45, 7) is 3.14. The van der Waals surface area contributed by atoms with E-state index in [0.717, 1.165) is 25.2 Å². The molecule has 0 saturated carbocycles. The number of nitrogens with zero attached hydrogens (tertiary/aromatic N) is 2. The third-order valence-electron chi connectivity index (χ3n) is 2.07. The average molecular weight is 181 g/mol. The molecule has 3 nitrogen and oxygen atoms in total. The lowest BCUT2D eigenvalue weighted by Gasteiger charge is -2.24. The van der Waals surface area contributed by atoms with E-state index in [2.05, 4.69) is 10.5 Å². The molecule has 0 N–H and O–H groups in total. The van der Waals surface area contributed by atoms with Gasteiger partial charge in [-0.2, -0.15) is 0 Å². The summed E-state index contributed by atoms with van der Waals surface area (Å²) in [6.07, 6.45) is 0.884. The fourth-order valence-electron chi connectivity index (χ4n) is 1.34. The van der Waals surface area contributed by atoms with Crippen LogP contribution in [0.4, 0.5) is 0 Å². The Labute approximate surface area is 75.0 Å². The second-order valence-corrected chi connectivity index (χ2v) is 3.75. The van der Waals surface area contributed by atoms with Crippen molar-refractivity contribution in [2.45, 2.75) is 19.9 Å². The number of hydrogen-bond donors (Lipinski definition) is 0. The highest BCUT2D eigenvalue weighted by atomic mass is 32.1. The molecule has 2 rings (SSSR count). The molecule has 2 heterocycles. The van der Waals surface area contributed by atoms with Gasteiger partial charge >= 0.3 is 0 Å². The maximum absolute atomic E-state index is 11.0. The van der Waals surface area contributed by atoms with E-state index in [1.54, 1.807) is 6.92 Å². The van der Waals surface area contributed by atoms with E-state index in [0.29, 0.717) is 0 Å². The standard InChI is InChI=1S/C8H9N2OS/c1-6(11)10-3-2-7-8(4-10)12-5-9-7/h2-4H2,1H3. The molecule has 4 heteroatoms. The molecule has 0 bridgehead atoms. The Morgan fingerprint density at radius 2 is 2.58 bits per heavy atom. The van der Waals surface area contributed by atoms with Crippen molar-refractivity contribution in [1.29, 1.82) is 0 Å². The van der Waals surface area contributed by atoms with Crippen LogP contribution in [0.15, 0.2) is 0 Å². The lowest BCUT2D eigenvalue weighted by molar-refractivity contribution is -0.129. The van der Waals surface area contributed by atoms with E-state index in [1.807, 2.05) is 4.90 Å². The Kier molecular flexibility index (Phi) is 1.84. The van der Waals surface area contributed by atoms with E-state index < -0.39 is 0 Å². The van der Waals surface area contributed by atoms with Crippen molar-refractivity contribution >= 4 is 17.2 Å². The van der Waals surface area contributed by atoms with Gasteiger partial charge in [0, 0.05) is 24.8 Å². The first-order valence-corrected chi connectivity index (χ1v) is 4.69. The molecule has 1 aliphatic rings. The van der Waals surface area contributed by atoms with Crippen LogP contribution in [0.1, 0.15) is 17.5 Å². The summed E-state index contributed by atoms with van der Waals surface area (Å²) in [5.41, 5.74) is 3.98. The number of thiazole rings is 1. The molecule has 0 fully saturated rings. The molecule has 1 amide bonds. The molecule has 0 saturated heterocycles. The summed E-state index contributed by atoms with van der Waals surface area (Å²) in [7, 11) is 0. The minimum atomic E-state index is 0.147. The Morgan fingerprint density at radius 1 is 1.75 bits per heavy atom. The maximum atomic E-state index is 11.0. The first-order chi connectivity index (χ1) is 5.77. The predicted molar refractivity (Wildman–Crippen MR) is 45.7 cm³/mol. The Hall–Kier alpha value is -0.900. The first-order valence-electron chi connectivity index (χ1n) is 3.87. The van der Waals surface area contributed by atoms with E-state index in [-0.39, 0.29) is 5.91 Å². The second kappa shape index (κ2) is 2.86. The van der Waals surface area contributed by atoms with Crippen molar-refractivity contribution in [2.75, 3.05) is 6.54 Å². The molecular formula is C8H9N2OS.